The molecule has 2 amide bonds. The van der Waals surface area contributed by atoms with Gasteiger partial charge in [-0.15, -0.1) is 0 Å². The summed E-state index contributed by atoms with van der Waals surface area (Å²) in [6, 6.07) is 9.83. The van der Waals surface area contributed by atoms with Crippen LogP contribution >= 0.6 is 11.6 Å². The summed E-state index contributed by atoms with van der Waals surface area (Å²) in [7, 11) is 0. The second-order valence-corrected chi connectivity index (χ2v) is 6.11. The van der Waals surface area contributed by atoms with Gasteiger partial charge in [-0.2, -0.15) is 0 Å². The molecule has 1 aliphatic heterocycles. The molecular weight excluding hydrogens is 360 g/mol. The number of amides is 2. The standard InChI is InChI=1S/C18H13ClN2O5/c1-9-12-7-11(19)3-5-13(12)26-16(9)18(23)21-20-17(22)10-2-4-14-15(6-10)25-8-24-14/h2-7H,8H2,1H3,(H,20,22)(H,21,23). The third-order valence-electron chi connectivity index (χ3n) is 4.03. The van der Waals surface area contributed by atoms with Gasteiger partial charge in [-0.3, -0.25) is 20.4 Å². The second kappa shape index (κ2) is 6.27. The van der Waals surface area contributed by atoms with Crippen molar-refractivity contribution >= 4 is 34.4 Å². The summed E-state index contributed by atoms with van der Waals surface area (Å²) in [5, 5.41) is 1.29. The predicted molar refractivity (Wildman–Crippen MR) is 93.5 cm³/mol. The van der Waals surface area contributed by atoms with Crippen LogP contribution in [0.3, 0.4) is 0 Å². The number of hydrogen-bond donors (Lipinski definition) is 2. The molecule has 3 aromatic rings. The van der Waals surface area contributed by atoms with E-state index in [2.05, 4.69) is 10.9 Å². The van der Waals surface area contributed by atoms with Crippen LogP contribution in [0.25, 0.3) is 11.0 Å². The number of ether oxygens (including phenoxy) is 2. The van der Waals surface area contributed by atoms with E-state index in [4.69, 9.17) is 25.5 Å². The Kier molecular flexibility index (Phi) is 3.93. The Hall–Kier alpha value is -3.19. The molecule has 2 heterocycles. The van der Waals surface area contributed by atoms with E-state index in [1.165, 1.54) is 6.07 Å². The van der Waals surface area contributed by atoms with Crippen molar-refractivity contribution in [3.63, 3.8) is 0 Å². The summed E-state index contributed by atoms with van der Waals surface area (Å²) < 4.78 is 16.0. The molecule has 1 aromatic heterocycles. The fourth-order valence-electron chi connectivity index (χ4n) is 2.69. The highest BCUT2D eigenvalue weighted by molar-refractivity contribution is 6.31. The van der Waals surface area contributed by atoms with Gasteiger partial charge in [-0.25, -0.2) is 0 Å². The minimum atomic E-state index is -0.566. The molecule has 4 rings (SSSR count). The lowest BCUT2D eigenvalue weighted by atomic mass is 10.1. The highest BCUT2D eigenvalue weighted by atomic mass is 35.5. The molecule has 0 fully saturated rings. The Morgan fingerprint density at radius 1 is 1.00 bits per heavy atom. The van der Waals surface area contributed by atoms with Crippen LogP contribution in [0.15, 0.2) is 40.8 Å². The van der Waals surface area contributed by atoms with Gasteiger partial charge in [0.15, 0.2) is 17.3 Å². The number of hydrogen-bond acceptors (Lipinski definition) is 5. The predicted octanol–water partition coefficient (Wildman–Crippen LogP) is 3.20. The average Bonchev–Trinajstić information content (AvgIpc) is 3.23. The zero-order valence-corrected chi connectivity index (χ0v) is 14.3. The van der Waals surface area contributed by atoms with Crippen LogP contribution < -0.4 is 20.3 Å². The molecule has 7 nitrogen and oxygen atoms in total. The summed E-state index contributed by atoms with van der Waals surface area (Å²) >= 11 is 5.97. The van der Waals surface area contributed by atoms with Gasteiger partial charge in [0.2, 0.25) is 6.79 Å². The highest BCUT2D eigenvalue weighted by Crippen LogP contribution is 2.32. The maximum absolute atomic E-state index is 12.3. The van der Waals surface area contributed by atoms with Gasteiger partial charge in [-0.1, -0.05) is 11.6 Å². The van der Waals surface area contributed by atoms with E-state index in [-0.39, 0.29) is 12.6 Å². The first-order chi connectivity index (χ1) is 12.5. The molecule has 132 valence electrons. The van der Waals surface area contributed by atoms with Gasteiger partial charge < -0.3 is 13.9 Å². The van der Waals surface area contributed by atoms with Crippen molar-refractivity contribution < 1.29 is 23.5 Å². The lowest BCUT2D eigenvalue weighted by Gasteiger charge is -2.07. The second-order valence-electron chi connectivity index (χ2n) is 5.67. The third kappa shape index (κ3) is 2.82. The molecule has 0 saturated carbocycles. The van der Waals surface area contributed by atoms with Crippen LogP contribution in [0.4, 0.5) is 0 Å². The van der Waals surface area contributed by atoms with E-state index in [0.717, 1.165) is 5.39 Å². The SMILES string of the molecule is Cc1c(C(=O)NNC(=O)c2ccc3c(c2)OCO3)oc2ccc(Cl)cc12. The minimum Gasteiger partial charge on any atom is -0.454 e. The number of rotatable bonds is 2. The Balaban J connectivity index is 1.48. The van der Waals surface area contributed by atoms with Gasteiger partial charge in [0, 0.05) is 21.5 Å². The molecule has 2 aromatic carbocycles. The van der Waals surface area contributed by atoms with E-state index < -0.39 is 11.8 Å². The minimum absolute atomic E-state index is 0.105. The fourth-order valence-corrected chi connectivity index (χ4v) is 2.86. The number of nitrogens with one attached hydrogen (secondary N) is 2. The lowest BCUT2D eigenvalue weighted by molar-refractivity contribution is 0.0831. The van der Waals surface area contributed by atoms with Crippen molar-refractivity contribution in [1.29, 1.82) is 0 Å². The zero-order valence-electron chi connectivity index (χ0n) is 13.6. The first kappa shape index (κ1) is 16.3. The monoisotopic (exact) mass is 372 g/mol. The molecule has 0 atom stereocenters. The van der Waals surface area contributed by atoms with E-state index in [9.17, 15) is 9.59 Å². The quantitative estimate of drug-likeness (QED) is 0.674. The number of fused-ring (bicyclic) bond motifs is 2. The van der Waals surface area contributed by atoms with Crippen LogP contribution in [0.5, 0.6) is 11.5 Å². The molecule has 0 bridgehead atoms. The van der Waals surface area contributed by atoms with Crippen molar-refractivity contribution in [2.75, 3.05) is 6.79 Å². The smallest absolute Gasteiger partial charge is 0.305 e. The van der Waals surface area contributed by atoms with Gasteiger partial charge >= 0.3 is 5.91 Å². The number of carbonyl (C=O) groups excluding carboxylic acids is 2. The normalized spacial score (nSPS) is 12.2. The van der Waals surface area contributed by atoms with Crippen LogP contribution in [0.1, 0.15) is 26.5 Å². The lowest BCUT2D eigenvalue weighted by Crippen LogP contribution is -2.41. The van der Waals surface area contributed by atoms with Crippen molar-refractivity contribution in [3.8, 4) is 11.5 Å². The number of hydrazine groups is 1. The first-order valence-electron chi connectivity index (χ1n) is 7.72. The molecule has 8 heteroatoms. The van der Waals surface area contributed by atoms with E-state index in [1.807, 2.05) is 0 Å². The molecule has 0 aliphatic carbocycles. The fraction of sp³-hybridized carbons (Fsp3) is 0.111. The highest BCUT2D eigenvalue weighted by Gasteiger charge is 2.20. The largest absolute Gasteiger partial charge is 0.454 e. The Labute approximate surface area is 152 Å². The molecular formula is C18H13ClN2O5. The Bertz CT molecular complexity index is 1040. The molecule has 0 radical (unpaired) electrons. The molecule has 2 N–H and O–H groups in total. The van der Waals surface area contributed by atoms with Crippen molar-refractivity contribution in [2.24, 2.45) is 0 Å². The summed E-state index contributed by atoms with van der Waals surface area (Å²) in [5.74, 6) is 0.0989. The Morgan fingerprint density at radius 2 is 1.77 bits per heavy atom. The van der Waals surface area contributed by atoms with E-state index >= 15 is 0 Å². The summed E-state index contributed by atoms with van der Waals surface area (Å²) in [5.41, 5.74) is 6.19. The van der Waals surface area contributed by atoms with Crippen LogP contribution in [0, 0.1) is 6.92 Å². The van der Waals surface area contributed by atoms with Gasteiger partial charge in [0.1, 0.15) is 5.58 Å². The maximum atomic E-state index is 12.3. The zero-order chi connectivity index (χ0) is 18.3. The van der Waals surface area contributed by atoms with Crippen molar-refractivity contribution in [1.82, 2.24) is 10.9 Å². The number of halogens is 1. The Morgan fingerprint density at radius 3 is 2.62 bits per heavy atom. The van der Waals surface area contributed by atoms with Gasteiger partial charge in [0.05, 0.1) is 0 Å². The average molecular weight is 373 g/mol. The first-order valence-corrected chi connectivity index (χ1v) is 8.10. The molecule has 0 saturated heterocycles. The molecule has 0 unspecified atom stereocenters. The van der Waals surface area contributed by atoms with E-state index in [1.54, 1.807) is 37.3 Å². The van der Waals surface area contributed by atoms with Gasteiger partial charge in [0.25, 0.3) is 5.91 Å². The van der Waals surface area contributed by atoms with Crippen LogP contribution in [-0.4, -0.2) is 18.6 Å². The topological polar surface area (TPSA) is 89.8 Å². The summed E-state index contributed by atoms with van der Waals surface area (Å²) in [4.78, 5) is 24.6. The summed E-state index contributed by atoms with van der Waals surface area (Å²) in [6.45, 7) is 1.86. The van der Waals surface area contributed by atoms with E-state index in [0.29, 0.717) is 33.2 Å². The molecule has 26 heavy (non-hydrogen) atoms. The third-order valence-corrected chi connectivity index (χ3v) is 4.26. The number of benzene rings is 2. The van der Waals surface area contributed by atoms with Crippen LogP contribution in [-0.2, 0) is 0 Å². The van der Waals surface area contributed by atoms with Crippen molar-refractivity contribution in [3.05, 3.63) is 58.3 Å². The summed E-state index contributed by atoms with van der Waals surface area (Å²) in [6.07, 6.45) is 0. The number of carbonyl (C=O) groups is 2. The molecule has 0 spiro atoms. The number of furan rings is 1. The van der Waals surface area contributed by atoms with Crippen LogP contribution in [0.2, 0.25) is 5.02 Å². The molecule has 1 aliphatic rings. The van der Waals surface area contributed by atoms with Gasteiger partial charge in [-0.05, 0) is 43.3 Å². The maximum Gasteiger partial charge on any atom is 0.305 e. The van der Waals surface area contributed by atoms with Crippen molar-refractivity contribution in [2.45, 2.75) is 6.92 Å². The number of aryl methyl sites for hydroxylation is 1.